The van der Waals surface area contributed by atoms with Crippen molar-refractivity contribution >= 4 is 5.69 Å². The van der Waals surface area contributed by atoms with E-state index in [-0.39, 0.29) is 10.6 Å². The Morgan fingerprint density at radius 3 is 2.71 bits per heavy atom. The second-order valence-corrected chi connectivity index (χ2v) is 3.60. The summed E-state index contributed by atoms with van der Waals surface area (Å²) in [5.41, 5.74) is 2.09. The van der Waals surface area contributed by atoms with Gasteiger partial charge in [-0.3, -0.25) is 10.1 Å². The Morgan fingerprint density at radius 2 is 2.29 bits per heavy atom. The Morgan fingerprint density at radius 1 is 1.57 bits per heavy atom. The highest BCUT2D eigenvalue weighted by Gasteiger charge is 2.20. The van der Waals surface area contributed by atoms with Crippen molar-refractivity contribution in [1.82, 2.24) is 5.32 Å². The molecular weight excluding hydrogens is 180 g/mol. The van der Waals surface area contributed by atoms with Crippen LogP contribution in [0.5, 0.6) is 0 Å². The fraction of sp³-hybridized carbons (Fsp3) is 0.400. The summed E-state index contributed by atoms with van der Waals surface area (Å²) in [5.74, 6) is 0. The molecule has 0 aliphatic carbocycles. The van der Waals surface area contributed by atoms with Crippen molar-refractivity contribution < 1.29 is 4.92 Å². The smallest absolute Gasteiger partial charge is 0.272 e. The topological polar surface area (TPSA) is 55.2 Å². The number of nitrogens with zero attached hydrogens (tertiary/aromatic N) is 1. The van der Waals surface area contributed by atoms with Crippen LogP contribution in [0.1, 0.15) is 23.6 Å². The number of nitro benzene ring substituents is 1. The van der Waals surface area contributed by atoms with Gasteiger partial charge in [-0.25, -0.2) is 0 Å². The first-order valence-electron chi connectivity index (χ1n) is 4.67. The van der Waals surface area contributed by atoms with Crippen LogP contribution in [-0.2, 0) is 0 Å². The molecule has 0 amide bonds. The van der Waals surface area contributed by atoms with Crippen LogP contribution in [0, 0.1) is 17.0 Å². The standard InChI is InChI=1S/C10H12N2O2/c1-7-6-8(9-4-5-11-9)2-3-10(7)12(13)14/h2-3,6,9,11H,4-5H2,1H3/t9-/m0/s1. The van der Waals surface area contributed by atoms with Crippen LogP contribution in [0.2, 0.25) is 0 Å². The maximum absolute atomic E-state index is 10.6. The Balaban J connectivity index is 2.30. The molecule has 0 saturated carbocycles. The van der Waals surface area contributed by atoms with E-state index in [2.05, 4.69) is 5.32 Å². The Hall–Kier alpha value is -1.42. The summed E-state index contributed by atoms with van der Waals surface area (Å²) >= 11 is 0. The molecule has 0 bridgehead atoms. The number of nitro groups is 1. The molecule has 1 fully saturated rings. The van der Waals surface area contributed by atoms with Gasteiger partial charge in [-0.15, -0.1) is 0 Å². The predicted octanol–water partition coefficient (Wildman–Crippen LogP) is 1.94. The van der Waals surface area contributed by atoms with Gasteiger partial charge in [0.05, 0.1) is 4.92 Å². The van der Waals surface area contributed by atoms with Gasteiger partial charge in [-0.1, -0.05) is 6.07 Å². The summed E-state index contributed by atoms with van der Waals surface area (Å²) in [6.45, 7) is 2.82. The minimum atomic E-state index is -0.340. The lowest BCUT2D eigenvalue weighted by molar-refractivity contribution is -0.385. The van der Waals surface area contributed by atoms with Crippen molar-refractivity contribution in [3.8, 4) is 0 Å². The highest BCUT2D eigenvalue weighted by molar-refractivity contribution is 5.43. The van der Waals surface area contributed by atoms with Gasteiger partial charge in [0, 0.05) is 17.7 Å². The van der Waals surface area contributed by atoms with E-state index in [4.69, 9.17) is 0 Å². The molecule has 1 atom stereocenters. The minimum absolute atomic E-state index is 0.202. The Bertz CT molecular complexity index is 372. The van der Waals surface area contributed by atoms with Crippen molar-refractivity contribution in [2.45, 2.75) is 19.4 Å². The molecule has 1 aliphatic rings. The highest BCUT2D eigenvalue weighted by Crippen LogP contribution is 2.27. The molecule has 1 N–H and O–H groups in total. The quantitative estimate of drug-likeness (QED) is 0.575. The lowest BCUT2D eigenvalue weighted by atomic mass is 9.96. The van der Waals surface area contributed by atoms with E-state index in [9.17, 15) is 10.1 Å². The van der Waals surface area contributed by atoms with Gasteiger partial charge < -0.3 is 5.32 Å². The summed E-state index contributed by atoms with van der Waals surface area (Å²) in [6.07, 6.45) is 1.12. The van der Waals surface area contributed by atoms with Crippen molar-refractivity contribution in [2.24, 2.45) is 0 Å². The van der Waals surface area contributed by atoms with Crippen molar-refractivity contribution in [3.05, 3.63) is 39.4 Å². The zero-order valence-electron chi connectivity index (χ0n) is 7.99. The van der Waals surface area contributed by atoms with E-state index in [1.807, 2.05) is 12.1 Å². The lowest BCUT2D eigenvalue weighted by Crippen LogP contribution is -2.34. The second kappa shape index (κ2) is 3.38. The van der Waals surface area contributed by atoms with Gasteiger partial charge in [-0.05, 0) is 31.5 Å². The lowest BCUT2D eigenvalue weighted by Gasteiger charge is -2.28. The normalized spacial score (nSPS) is 20.2. The largest absolute Gasteiger partial charge is 0.310 e. The predicted molar refractivity (Wildman–Crippen MR) is 53.2 cm³/mol. The molecule has 1 heterocycles. The first-order chi connectivity index (χ1) is 6.68. The average Bonchev–Trinajstić information content (AvgIpc) is 2.00. The molecular formula is C10H12N2O2. The summed E-state index contributed by atoms with van der Waals surface area (Å²) in [7, 11) is 0. The van der Waals surface area contributed by atoms with Gasteiger partial charge in [0.15, 0.2) is 0 Å². The molecule has 0 spiro atoms. The van der Waals surface area contributed by atoms with Gasteiger partial charge >= 0.3 is 0 Å². The summed E-state index contributed by atoms with van der Waals surface area (Å²) in [5, 5.41) is 13.8. The van der Waals surface area contributed by atoms with E-state index in [1.54, 1.807) is 13.0 Å². The van der Waals surface area contributed by atoms with E-state index in [0.29, 0.717) is 6.04 Å². The maximum Gasteiger partial charge on any atom is 0.272 e. The van der Waals surface area contributed by atoms with Gasteiger partial charge in [-0.2, -0.15) is 0 Å². The third kappa shape index (κ3) is 1.48. The second-order valence-electron chi connectivity index (χ2n) is 3.60. The number of hydrogen-bond acceptors (Lipinski definition) is 3. The molecule has 2 rings (SSSR count). The highest BCUT2D eigenvalue weighted by atomic mass is 16.6. The van der Waals surface area contributed by atoms with Gasteiger partial charge in [0.2, 0.25) is 0 Å². The van der Waals surface area contributed by atoms with E-state index < -0.39 is 0 Å². The zero-order chi connectivity index (χ0) is 10.1. The van der Waals surface area contributed by atoms with Crippen LogP contribution in [0.15, 0.2) is 18.2 Å². The molecule has 1 aliphatic heterocycles. The molecule has 0 aromatic heterocycles. The number of nitrogens with one attached hydrogen (secondary N) is 1. The molecule has 0 radical (unpaired) electrons. The first-order valence-corrected chi connectivity index (χ1v) is 4.67. The van der Waals surface area contributed by atoms with Crippen molar-refractivity contribution in [2.75, 3.05) is 6.54 Å². The van der Waals surface area contributed by atoms with Crippen LogP contribution in [-0.4, -0.2) is 11.5 Å². The van der Waals surface area contributed by atoms with Crippen molar-refractivity contribution in [1.29, 1.82) is 0 Å². The van der Waals surface area contributed by atoms with Gasteiger partial charge in [0.25, 0.3) is 5.69 Å². The minimum Gasteiger partial charge on any atom is -0.310 e. The molecule has 1 aromatic carbocycles. The third-order valence-corrected chi connectivity index (χ3v) is 2.64. The molecule has 74 valence electrons. The zero-order valence-corrected chi connectivity index (χ0v) is 7.99. The maximum atomic E-state index is 10.6. The fourth-order valence-corrected chi connectivity index (χ4v) is 1.67. The third-order valence-electron chi connectivity index (χ3n) is 2.64. The van der Waals surface area contributed by atoms with Crippen LogP contribution >= 0.6 is 0 Å². The van der Waals surface area contributed by atoms with Crippen LogP contribution in [0.25, 0.3) is 0 Å². The van der Waals surface area contributed by atoms with Crippen LogP contribution in [0.3, 0.4) is 0 Å². The Kier molecular flexibility index (Phi) is 2.21. The van der Waals surface area contributed by atoms with Crippen LogP contribution in [0.4, 0.5) is 5.69 Å². The molecule has 4 nitrogen and oxygen atoms in total. The molecule has 1 aromatic rings. The van der Waals surface area contributed by atoms with Crippen LogP contribution < -0.4 is 5.32 Å². The van der Waals surface area contributed by atoms with E-state index in [1.165, 1.54) is 0 Å². The summed E-state index contributed by atoms with van der Waals surface area (Å²) in [4.78, 5) is 10.2. The number of rotatable bonds is 2. The molecule has 4 heteroatoms. The number of benzene rings is 1. The van der Waals surface area contributed by atoms with Crippen molar-refractivity contribution in [3.63, 3.8) is 0 Å². The molecule has 1 saturated heterocycles. The summed E-state index contributed by atoms with van der Waals surface area (Å²) < 4.78 is 0. The first kappa shape index (κ1) is 9.15. The number of hydrogen-bond donors (Lipinski definition) is 1. The summed E-state index contributed by atoms with van der Waals surface area (Å²) in [6, 6.07) is 5.72. The van der Waals surface area contributed by atoms with E-state index in [0.717, 1.165) is 24.1 Å². The molecule has 14 heavy (non-hydrogen) atoms. The van der Waals surface area contributed by atoms with E-state index >= 15 is 0 Å². The SMILES string of the molecule is Cc1cc([C@@H]2CCN2)ccc1[N+](=O)[O-]. The Labute approximate surface area is 82.1 Å². The van der Waals surface area contributed by atoms with Gasteiger partial charge in [0.1, 0.15) is 0 Å². The molecule has 0 unspecified atom stereocenters. The number of aryl methyl sites for hydroxylation is 1. The monoisotopic (exact) mass is 192 g/mol. The average molecular weight is 192 g/mol. The fourth-order valence-electron chi connectivity index (χ4n) is 1.67.